The molecule has 0 aromatic carbocycles. The summed E-state index contributed by atoms with van der Waals surface area (Å²) < 4.78 is 1.09. The Balaban J connectivity index is 2.42. The van der Waals surface area contributed by atoms with Crippen molar-refractivity contribution >= 4 is 33.1 Å². The minimum atomic E-state index is 0.320. The van der Waals surface area contributed by atoms with E-state index in [2.05, 4.69) is 63.4 Å². The van der Waals surface area contributed by atoms with Gasteiger partial charge in [0.2, 0.25) is 0 Å². The summed E-state index contributed by atoms with van der Waals surface area (Å²) in [4.78, 5) is 10.4. The molecule has 0 aliphatic heterocycles. The Morgan fingerprint density at radius 2 is 2.16 bits per heavy atom. The normalized spacial score (nSPS) is 11.0. The van der Waals surface area contributed by atoms with Gasteiger partial charge in [-0.2, -0.15) is 0 Å². The molecular weight excluding hydrogens is 322 g/mol. The van der Waals surface area contributed by atoms with Crippen molar-refractivity contribution in [3.63, 3.8) is 0 Å². The molecule has 2 aromatic heterocycles. The van der Waals surface area contributed by atoms with Crippen molar-refractivity contribution in [3.05, 3.63) is 27.8 Å². The first-order valence-corrected chi connectivity index (χ1v) is 8.15. The summed E-state index contributed by atoms with van der Waals surface area (Å²) in [6.07, 6.45) is 1.08. The van der Waals surface area contributed by atoms with E-state index in [0.29, 0.717) is 5.92 Å². The molecule has 0 radical (unpaired) electrons. The SMILES string of the molecule is CCCNc1cc(-c2sccc2Br)nc(C(C)C)n1. The van der Waals surface area contributed by atoms with Gasteiger partial charge in [0.15, 0.2) is 0 Å². The number of nitrogens with one attached hydrogen (secondary N) is 1. The lowest BCUT2D eigenvalue weighted by Gasteiger charge is -2.11. The second-order valence-corrected chi connectivity index (χ2v) is 6.45. The highest BCUT2D eigenvalue weighted by Crippen LogP contribution is 2.33. The van der Waals surface area contributed by atoms with E-state index < -0.39 is 0 Å². The van der Waals surface area contributed by atoms with Crippen molar-refractivity contribution in [2.45, 2.75) is 33.1 Å². The molecule has 5 heteroatoms. The molecule has 0 saturated heterocycles. The Hall–Kier alpha value is -0.940. The lowest BCUT2D eigenvalue weighted by molar-refractivity contribution is 0.775. The summed E-state index contributed by atoms with van der Waals surface area (Å²) >= 11 is 5.26. The van der Waals surface area contributed by atoms with Crippen LogP contribution in [-0.4, -0.2) is 16.5 Å². The maximum atomic E-state index is 4.67. The Labute approximate surface area is 126 Å². The van der Waals surface area contributed by atoms with Crippen LogP contribution in [0.1, 0.15) is 38.9 Å². The number of aromatic nitrogens is 2. The topological polar surface area (TPSA) is 37.8 Å². The molecule has 0 atom stereocenters. The number of rotatable bonds is 5. The third-order valence-corrected chi connectivity index (χ3v) is 4.53. The third-order valence-electron chi connectivity index (χ3n) is 2.67. The van der Waals surface area contributed by atoms with Crippen LogP contribution < -0.4 is 5.32 Å². The van der Waals surface area contributed by atoms with Gasteiger partial charge in [-0.05, 0) is 33.8 Å². The predicted molar refractivity (Wildman–Crippen MR) is 85.9 cm³/mol. The van der Waals surface area contributed by atoms with Crippen LogP contribution in [-0.2, 0) is 0 Å². The zero-order chi connectivity index (χ0) is 13.8. The molecule has 102 valence electrons. The fraction of sp³-hybridized carbons (Fsp3) is 0.429. The second kappa shape index (κ2) is 6.48. The predicted octanol–water partition coefficient (Wildman–Crippen LogP) is 4.91. The Bertz CT molecular complexity index is 551. The maximum absolute atomic E-state index is 4.67. The van der Waals surface area contributed by atoms with E-state index in [1.165, 1.54) is 0 Å². The quantitative estimate of drug-likeness (QED) is 0.840. The van der Waals surface area contributed by atoms with Gasteiger partial charge in [0.05, 0.1) is 10.6 Å². The lowest BCUT2D eigenvalue weighted by Crippen LogP contribution is -2.06. The van der Waals surface area contributed by atoms with Gasteiger partial charge in [0.25, 0.3) is 0 Å². The summed E-state index contributed by atoms with van der Waals surface area (Å²) in [5.74, 6) is 2.12. The van der Waals surface area contributed by atoms with Gasteiger partial charge in [0.1, 0.15) is 11.6 Å². The van der Waals surface area contributed by atoms with Crippen LogP contribution in [0.4, 0.5) is 5.82 Å². The van der Waals surface area contributed by atoms with Crippen LogP contribution in [0.25, 0.3) is 10.6 Å². The highest BCUT2D eigenvalue weighted by atomic mass is 79.9. The molecule has 19 heavy (non-hydrogen) atoms. The fourth-order valence-corrected chi connectivity index (χ4v) is 3.20. The minimum absolute atomic E-state index is 0.320. The van der Waals surface area contributed by atoms with Crippen molar-refractivity contribution in [2.75, 3.05) is 11.9 Å². The van der Waals surface area contributed by atoms with Crippen LogP contribution in [0.2, 0.25) is 0 Å². The molecule has 0 unspecified atom stereocenters. The monoisotopic (exact) mass is 339 g/mol. The number of thiophene rings is 1. The molecule has 0 bridgehead atoms. The molecule has 0 aliphatic carbocycles. The number of hydrogen-bond acceptors (Lipinski definition) is 4. The van der Waals surface area contributed by atoms with E-state index in [9.17, 15) is 0 Å². The van der Waals surface area contributed by atoms with Crippen molar-refractivity contribution in [2.24, 2.45) is 0 Å². The van der Waals surface area contributed by atoms with Crippen molar-refractivity contribution in [1.82, 2.24) is 9.97 Å². The van der Waals surface area contributed by atoms with E-state index >= 15 is 0 Å². The summed E-state index contributed by atoms with van der Waals surface area (Å²) in [6.45, 7) is 7.31. The van der Waals surface area contributed by atoms with E-state index in [1.807, 2.05) is 6.07 Å². The van der Waals surface area contributed by atoms with Gasteiger partial charge in [-0.25, -0.2) is 9.97 Å². The summed E-state index contributed by atoms with van der Waals surface area (Å²) in [5.41, 5.74) is 0.985. The standard InChI is InChI=1S/C14H18BrN3S/c1-4-6-16-12-8-11(13-10(15)5-7-19-13)17-14(18-12)9(2)3/h5,7-9H,4,6H2,1-3H3,(H,16,17,18). The molecule has 2 aromatic rings. The summed E-state index contributed by atoms with van der Waals surface area (Å²) in [5, 5.41) is 5.41. The van der Waals surface area contributed by atoms with Crippen LogP contribution in [0.5, 0.6) is 0 Å². The Kier molecular flexibility index (Phi) is 4.93. The van der Waals surface area contributed by atoms with Gasteiger partial charge in [0, 0.05) is 23.0 Å². The third kappa shape index (κ3) is 3.54. The summed E-state index contributed by atoms with van der Waals surface area (Å²) in [7, 11) is 0. The van der Waals surface area contributed by atoms with E-state index in [0.717, 1.165) is 39.7 Å². The minimum Gasteiger partial charge on any atom is -0.370 e. The largest absolute Gasteiger partial charge is 0.370 e. The van der Waals surface area contributed by atoms with Crippen molar-refractivity contribution in [1.29, 1.82) is 0 Å². The molecule has 0 amide bonds. The zero-order valence-electron chi connectivity index (χ0n) is 11.4. The van der Waals surface area contributed by atoms with E-state index in [4.69, 9.17) is 0 Å². The highest BCUT2D eigenvalue weighted by molar-refractivity contribution is 9.10. The first-order chi connectivity index (χ1) is 9.11. The van der Waals surface area contributed by atoms with E-state index in [1.54, 1.807) is 11.3 Å². The molecular formula is C14H18BrN3S. The number of hydrogen-bond donors (Lipinski definition) is 1. The van der Waals surface area contributed by atoms with Crippen molar-refractivity contribution < 1.29 is 0 Å². The molecule has 3 nitrogen and oxygen atoms in total. The molecule has 1 N–H and O–H groups in total. The van der Waals surface area contributed by atoms with Crippen LogP contribution in [0, 0.1) is 0 Å². The van der Waals surface area contributed by atoms with Gasteiger partial charge in [-0.3, -0.25) is 0 Å². The highest BCUT2D eigenvalue weighted by Gasteiger charge is 2.12. The molecule has 0 aliphatic rings. The fourth-order valence-electron chi connectivity index (χ4n) is 1.66. The zero-order valence-corrected chi connectivity index (χ0v) is 13.8. The number of anilines is 1. The second-order valence-electron chi connectivity index (χ2n) is 4.68. The molecule has 0 fully saturated rings. The molecule has 0 spiro atoms. The Morgan fingerprint density at radius 3 is 2.74 bits per heavy atom. The van der Waals surface area contributed by atoms with Gasteiger partial charge >= 0.3 is 0 Å². The van der Waals surface area contributed by atoms with Crippen LogP contribution >= 0.6 is 27.3 Å². The molecule has 0 saturated carbocycles. The van der Waals surface area contributed by atoms with Gasteiger partial charge < -0.3 is 5.32 Å². The van der Waals surface area contributed by atoms with Crippen LogP contribution in [0.3, 0.4) is 0 Å². The lowest BCUT2D eigenvalue weighted by atomic mass is 10.2. The average Bonchev–Trinajstić information content (AvgIpc) is 2.82. The average molecular weight is 340 g/mol. The first-order valence-electron chi connectivity index (χ1n) is 6.48. The molecule has 2 heterocycles. The van der Waals surface area contributed by atoms with Gasteiger partial charge in [-0.15, -0.1) is 11.3 Å². The first kappa shape index (κ1) is 14.5. The number of halogens is 1. The van der Waals surface area contributed by atoms with Crippen LogP contribution in [0.15, 0.2) is 22.0 Å². The van der Waals surface area contributed by atoms with E-state index in [-0.39, 0.29) is 0 Å². The Morgan fingerprint density at radius 1 is 1.37 bits per heavy atom. The smallest absolute Gasteiger partial charge is 0.133 e. The maximum Gasteiger partial charge on any atom is 0.133 e. The van der Waals surface area contributed by atoms with Gasteiger partial charge in [-0.1, -0.05) is 20.8 Å². The summed E-state index contributed by atoms with van der Waals surface area (Å²) in [6, 6.07) is 4.08. The van der Waals surface area contributed by atoms with Crippen molar-refractivity contribution in [3.8, 4) is 10.6 Å². The number of nitrogens with zero attached hydrogens (tertiary/aromatic N) is 2. The molecule has 2 rings (SSSR count).